The summed E-state index contributed by atoms with van der Waals surface area (Å²) in [6, 6.07) is 8.56. The van der Waals surface area contributed by atoms with Gasteiger partial charge in [0.2, 0.25) is 10.5 Å². The highest BCUT2D eigenvalue weighted by atomic mass is 35.5. The normalized spacial score (nSPS) is 10.0. The van der Waals surface area contributed by atoms with E-state index in [9.17, 15) is 0 Å². The van der Waals surface area contributed by atoms with E-state index in [-0.39, 0.29) is 12.4 Å². The number of benzene rings is 1. The Kier molecular flexibility index (Phi) is 3.28. The third kappa shape index (κ3) is 1.69. The van der Waals surface area contributed by atoms with Crippen molar-refractivity contribution in [3.8, 4) is 0 Å². The van der Waals surface area contributed by atoms with Crippen LogP contribution in [0.4, 0.5) is 0 Å². The molecule has 1 nitrogen and oxygen atoms in total. The molecule has 0 aliphatic rings. The van der Waals surface area contributed by atoms with Gasteiger partial charge in [-0.1, -0.05) is 23.5 Å². The van der Waals surface area contributed by atoms with Crippen molar-refractivity contribution in [1.82, 2.24) is 0 Å². The molecule has 0 radical (unpaired) electrons. The number of halogens is 1. The second kappa shape index (κ2) is 4.07. The largest absolute Gasteiger partial charge is 1.00 e. The summed E-state index contributed by atoms with van der Waals surface area (Å²) in [5.74, 6) is 0. The quantitative estimate of drug-likeness (QED) is 0.564. The van der Waals surface area contributed by atoms with E-state index in [1.807, 2.05) is 11.3 Å². The van der Waals surface area contributed by atoms with Crippen molar-refractivity contribution >= 4 is 21.6 Å². The van der Waals surface area contributed by atoms with E-state index in [1.165, 1.54) is 15.2 Å². The van der Waals surface area contributed by atoms with Crippen molar-refractivity contribution in [2.45, 2.75) is 20.4 Å². The van der Waals surface area contributed by atoms with Gasteiger partial charge in [-0.05, 0) is 13.0 Å². The molecular weight excluding hydrogens is 202 g/mol. The van der Waals surface area contributed by atoms with Crippen LogP contribution in [-0.4, -0.2) is 0 Å². The second-order valence-electron chi connectivity index (χ2n) is 2.83. The number of rotatable bonds is 1. The van der Waals surface area contributed by atoms with E-state index in [1.54, 1.807) is 0 Å². The fourth-order valence-corrected chi connectivity index (χ4v) is 2.63. The number of para-hydroxylation sites is 1. The number of nitrogens with zero attached hydrogens (tertiary/aromatic N) is 1. The second-order valence-corrected chi connectivity index (χ2v) is 4.07. The lowest BCUT2D eigenvalue weighted by Gasteiger charge is -1.88. The Balaban J connectivity index is 0.000000845. The molecule has 2 rings (SSSR count). The average molecular weight is 214 g/mol. The van der Waals surface area contributed by atoms with E-state index < -0.39 is 0 Å². The minimum Gasteiger partial charge on any atom is -1.00 e. The number of hydrogen-bond acceptors (Lipinski definition) is 1. The Morgan fingerprint density at radius 3 is 2.69 bits per heavy atom. The smallest absolute Gasteiger partial charge is 0.235 e. The van der Waals surface area contributed by atoms with Crippen molar-refractivity contribution in [2.24, 2.45) is 0 Å². The highest BCUT2D eigenvalue weighted by Crippen LogP contribution is 2.18. The molecule has 0 aliphatic carbocycles. The van der Waals surface area contributed by atoms with Gasteiger partial charge in [0.15, 0.2) is 0 Å². The van der Waals surface area contributed by atoms with Crippen LogP contribution < -0.4 is 17.0 Å². The summed E-state index contributed by atoms with van der Waals surface area (Å²) in [6.45, 7) is 5.43. The van der Waals surface area contributed by atoms with Crippen LogP contribution in [0.25, 0.3) is 10.2 Å². The molecule has 1 aromatic heterocycles. The third-order valence-corrected chi connectivity index (χ3v) is 3.19. The molecule has 0 saturated heterocycles. The molecule has 0 atom stereocenters. The van der Waals surface area contributed by atoms with E-state index in [2.05, 4.69) is 42.7 Å². The molecule has 1 aromatic carbocycles. The van der Waals surface area contributed by atoms with Gasteiger partial charge in [0, 0.05) is 13.0 Å². The lowest BCUT2D eigenvalue weighted by atomic mass is 10.3. The van der Waals surface area contributed by atoms with Crippen molar-refractivity contribution in [3.05, 3.63) is 29.3 Å². The number of hydrogen-bond donors (Lipinski definition) is 0. The molecule has 0 unspecified atom stereocenters. The van der Waals surface area contributed by atoms with E-state index in [4.69, 9.17) is 0 Å². The Morgan fingerprint density at radius 1 is 1.31 bits per heavy atom. The summed E-state index contributed by atoms with van der Waals surface area (Å²) in [5, 5.41) is 1.39. The Morgan fingerprint density at radius 2 is 2.00 bits per heavy atom. The Bertz CT molecular complexity index is 408. The summed E-state index contributed by atoms with van der Waals surface area (Å²) >= 11 is 1.87. The summed E-state index contributed by atoms with van der Waals surface area (Å²) in [5.41, 5.74) is 1.36. The lowest BCUT2D eigenvalue weighted by Crippen LogP contribution is -3.00. The molecule has 0 bridgehead atoms. The zero-order valence-corrected chi connectivity index (χ0v) is 9.32. The monoisotopic (exact) mass is 213 g/mol. The van der Waals surface area contributed by atoms with E-state index in [0.29, 0.717) is 0 Å². The van der Waals surface area contributed by atoms with Gasteiger partial charge < -0.3 is 12.4 Å². The third-order valence-electron chi connectivity index (χ3n) is 2.11. The Hall–Kier alpha value is -0.600. The fraction of sp³-hybridized carbons (Fsp3) is 0.300. The van der Waals surface area contributed by atoms with Gasteiger partial charge in [-0.2, -0.15) is 4.57 Å². The molecule has 3 heteroatoms. The van der Waals surface area contributed by atoms with Gasteiger partial charge in [-0.25, -0.2) is 0 Å². The lowest BCUT2D eigenvalue weighted by molar-refractivity contribution is -0.669. The van der Waals surface area contributed by atoms with Crippen LogP contribution in [0, 0.1) is 6.92 Å². The molecule has 1 heterocycles. The van der Waals surface area contributed by atoms with Crippen molar-refractivity contribution in [2.75, 3.05) is 0 Å². The topological polar surface area (TPSA) is 3.88 Å². The van der Waals surface area contributed by atoms with Crippen LogP contribution in [0.15, 0.2) is 24.3 Å². The highest BCUT2D eigenvalue weighted by Gasteiger charge is 2.13. The predicted molar refractivity (Wildman–Crippen MR) is 52.4 cm³/mol. The maximum absolute atomic E-state index is 2.35. The molecule has 0 N–H and O–H groups in total. The first-order chi connectivity index (χ1) is 5.83. The zero-order valence-electron chi connectivity index (χ0n) is 7.75. The summed E-state index contributed by atoms with van der Waals surface area (Å²) < 4.78 is 3.73. The minimum absolute atomic E-state index is 0. The van der Waals surface area contributed by atoms with Gasteiger partial charge in [0.05, 0.1) is 0 Å². The molecule has 2 aromatic rings. The number of fused-ring (bicyclic) bond motifs is 1. The number of aryl methyl sites for hydroxylation is 2. The SMILES string of the molecule is CC[n+]1c(C)sc2ccccc21.[Cl-]. The summed E-state index contributed by atoms with van der Waals surface area (Å²) in [4.78, 5) is 0. The molecular formula is C10H12ClNS. The first kappa shape index (κ1) is 10.5. The van der Waals surface area contributed by atoms with Gasteiger partial charge in [-0.15, -0.1) is 0 Å². The predicted octanol–water partition coefficient (Wildman–Crippen LogP) is -0.479. The number of aromatic nitrogens is 1. The van der Waals surface area contributed by atoms with E-state index in [0.717, 1.165) is 6.54 Å². The standard InChI is InChI=1S/C10H12NS.ClH/c1-3-11-8(2)12-10-7-5-4-6-9(10)11;/h4-7H,3H2,1-2H3;1H/q+1;/p-1. The van der Waals surface area contributed by atoms with Crippen LogP contribution in [0.5, 0.6) is 0 Å². The molecule has 13 heavy (non-hydrogen) atoms. The maximum Gasteiger partial charge on any atom is 0.235 e. The first-order valence-corrected chi connectivity index (χ1v) is 5.02. The molecule has 0 saturated carbocycles. The van der Waals surface area contributed by atoms with Crippen molar-refractivity contribution in [1.29, 1.82) is 0 Å². The fourth-order valence-electron chi connectivity index (χ4n) is 1.54. The zero-order chi connectivity index (χ0) is 8.55. The molecule has 0 amide bonds. The van der Waals surface area contributed by atoms with Gasteiger partial charge in [0.1, 0.15) is 11.2 Å². The molecule has 0 aliphatic heterocycles. The maximum atomic E-state index is 2.35. The number of thiazole rings is 1. The molecule has 70 valence electrons. The van der Waals surface area contributed by atoms with Gasteiger partial charge >= 0.3 is 0 Å². The van der Waals surface area contributed by atoms with Crippen LogP contribution in [0.1, 0.15) is 11.9 Å². The van der Waals surface area contributed by atoms with Crippen LogP contribution in [0.2, 0.25) is 0 Å². The highest BCUT2D eigenvalue weighted by molar-refractivity contribution is 7.18. The van der Waals surface area contributed by atoms with Crippen LogP contribution in [0.3, 0.4) is 0 Å². The van der Waals surface area contributed by atoms with Crippen molar-refractivity contribution in [3.63, 3.8) is 0 Å². The van der Waals surface area contributed by atoms with Crippen molar-refractivity contribution < 1.29 is 17.0 Å². The minimum atomic E-state index is 0. The molecule has 0 fully saturated rings. The molecule has 0 spiro atoms. The average Bonchev–Trinajstić information content (AvgIpc) is 2.40. The van der Waals surface area contributed by atoms with Gasteiger partial charge in [-0.3, -0.25) is 0 Å². The summed E-state index contributed by atoms with van der Waals surface area (Å²) in [7, 11) is 0. The van der Waals surface area contributed by atoms with Crippen LogP contribution >= 0.6 is 11.3 Å². The Labute approximate surface area is 88.4 Å². The summed E-state index contributed by atoms with van der Waals surface area (Å²) in [6.07, 6.45) is 0. The van der Waals surface area contributed by atoms with E-state index >= 15 is 0 Å². The van der Waals surface area contributed by atoms with Crippen LogP contribution in [-0.2, 0) is 6.54 Å². The van der Waals surface area contributed by atoms with Gasteiger partial charge in [0.25, 0.3) is 0 Å². The first-order valence-electron chi connectivity index (χ1n) is 4.21.